The molecule has 12 heteroatoms. The number of carbonyl (C=O) groups excluding carboxylic acids is 7. The van der Waals surface area contributed by atoms with Gasteiger partial charge in [-0.1, -0.05) is 87.7 Å². The molecule has 6 atom stereocenters. The Kier molecular flexibility index (Phi) is 12.6. The number of rotatable bonds is 16. The van der Waals surface area contributed by atoms with E-state index in [0.29, 0.717) is 31.4 Å². The molecule has 4 aliphatic rings. The third-order valence-corrected chi connectivity index (χ3v) is 13.0. The number of hydrogen-bond donors (Lipinski definition) is 2. The maximum absolute atomic E-state index is 14.8. The molecule has 1 aliphatic heterocycles. The molecule has 2 aromatic carbocycles. The van der Waals surface area contributed by atoms with Crippen molar-refractivity contribution >= 4 is 41.2 Å². The van der Waals surface area contributed by atoms with Gasteiger partial charge in [0.1, 0.15) is 17.7 Å². The topological polar surface area (TPSA) is 159 Å². The summed E-state index contributed by atoms with van der Waals surface area (Å²) < 4.78 is 5.60. The molecule has 12 nitrogen and oxygen atoms in total. The highest BCUT2D eigenvalue weighted by atomic mass is 16.6. The van der Waals surface area contributed by atoms with Gasteiger partial charge in [-0.05, 0) is 85.8 Å². The largest absolute Gasteiger partial charge is 0.444 e. The molecule has 6 rings (SSSR count). The molecule has 0 aromatic heterocycles. The summed E-state index contributed by atoms with van der Waals surface area (Å²) in [6.45, 7) is 9.82. The maximum Gasteiger partial charge on any atom is 0.408 e. The minimum Gasteiger partial charge on any atom is -0.444 e. The van der Waals surface area contributed by atoms with E-state index in [9.17, 15) is 33.6 Å². The van der Waals surface area contributed by atoms with Crippen LogP contribution < -0.4 is 10.6 Å². The lowest BCUT2D eigenvalue weighted by atomic mass is 9.75. The van der Waals surface area contributed by atoms with Crippen LogP contribution in [0.25, 0.3) is 0 Å². The average molecular weight is 797 g/mol. The average Bonchev–Trinajstić information content (AvgIpc) is 3.50. The zero-order chi connectivity index (χ0) is 42.1. The van der Waals surface area contributed by atoms with E-state index in [1.54, 1.807) is 70.1 Å². The summed E-state index contributed by atoms with van der Waals surface area (Å²) in [7, 11) is 3.19. The van der Waals surface area contributed by atoms with E-state index in [4.69, 9.17) is 4.74 Å². The van der Waals surface area contributed by atoms with Gasteiger partial charge in [0.25, 0.3) is 0 Å². The second-order valence-corrected chi connectivity index (χ2v) is 18.8. The van der Waals surface area contributed by atoms with Gasteiger partial charge in [0, 0.05) is 45.8 Å². The van der Waals surface area contributed by atoms with Crippen molar-refractivity contribution in [1.29, 1.82) is 0 Å². The van der Waals surface area contributed by atoms with Crippen molar-refractivity contribution in [2.45, 2.75) is 116 Å². The van der Waals surface area contributed by atoms with Crippen LogP contribution in [0.2, 0.25) is 0 Å². The highest BCUT2D eigenvalue weighted by molar-refractivity contribution is 6.38. The van der Waals surface area contributed by atoms with Gasteiger partial charge >= 0.3 is 6.09 Å². The van der Waals surface area contributed by atoms with Crippen molar-refractivity contribution in [3.05, 3.63) is 71.3 Å². The molecule has 2 N–H and O–H groups in total. The summed E-state index contributed by atoms with van der Waals surface area (Å²) in [5, 5.41) is 5.62. The number of Topliss-reactive ketones (excluding diaryl/α,β-unsaturated/α-hetero) is 3. The molecule has 0 bridgehead atoms. The Morgan fingerprint density at radius 1 is 0.879 bits per heavy atom. The first-order chi connectivity index (χ1) is 27.4. The molecule has 3 fully saturated rings. The third kappa shape index (κ3) is 9.53. The number of alkyl carbamates (subject to hydrolysis) is 1. The van der Waals surface area contributed by atoms with Crippen LogP contribution in [0, 0.1) is 35.0 Å². The number of benzene rings is 2. The molecule has 4 amide bonds. The van der Waals surface area contributed by atoms with E-state index in [2.05, 4.69) is 24.5 Å². The number of hydrogen-bond acceptors (Lipinski definition) is 8. The fraction of sp³-hybridized carbons (Fsp3) is 0.587. The lowest BCUT2D eigenvalue weighted by molar-refractivity contribution is -0.144. The number of likely N-dealkylation sites (tertiary alicyclic amines) is 1. The molecule has 1 heterocycles. The molecule has 2 aromatic rings. The van der Waals surface area contributed by atoms with Crippen molar-refractivity contribution in [3.63, 3.8) is 0 Å². The quantitative estimate of drug-likeness (QED) is 0.214. The van der Waals surface area contributed by atoms with Crippen LogP contribution in [0.1, 0.15) is 102 Å². The predicted molar refractivity (Wildman–Crippen MR) is 217 cm³/mol. The standard InChI is InChI=1S/C46H60N4O8/c1-45(2,3)58-44(57)48-39(31-23-29-18-11-12-19-30(29)24-31)43(56)50-26-33-37(46(33,4)5)40(50)35(52)25-32(22-27-14-13-15-27)41(54)34(51)20-21-36(53)47-38(42(55)49(6)7)28-16-9-8-10-17-28/h8-12,16-19,27,31-33,37-40H,13-15,20-26H2,1-7H3,(H,47,53)(H,48,57)/t32?,33-,37-,38-,39-,40+/m0/s1. The Bertz CT molecular complexity index is 1890. The number of piperidine rings is 1. The lowest BCUT2D eigenvalue weighted by Crippen LogP contribution is -2.57. The number of nitrogens with zero attached hydrogens (tertiary/aromatic N) is 2. The van der Waals surface area contributed by atoms with E-state index in [0.717, 1.165) is 30.4 Å². The van der Waals surface area contributed by atoms with Crippen molar-refractivity contribution in [2.24, 2.45) is 35.0 Å². The Balaban J connectivity index is 1.17. The molecule has 3 aliphatic carbocycles. The number of ketones is 3. The minimum absolute atomic E-state index is 0.0772. The number of amides is 4. The second kappa shape index (κ2) is 17.2. The minimum atomic E-state index is -0.950. The van der Waals surface area contributed by atoms with Gasteiger partial charge in [0.15, 0.2) is 11.6 Å². The summed E-state index contributed by atoms with van der Waals surface area (Å²) >= 11 is 0. The van der Waals surface area contributed by atoms with Crippen molar-refractivity contribution < 1.29 is 38.3 Å². The van der Waals surface area contributed by atoms with E-state index < -0.39 is 53.2 Å². The Morgan fingerprint density at radius 2 is 1.50 bits per heavy atom. The lowest BCUT2D eigenvalue weighted by Gasteiger charge is -2.36. The first-order valence-corrected chi connectivity index (χ1v) is 20.9. The monoisotopic (exact) mass is 796 g/mol. The van der Waals surface area contributed by atoms with Gasteiger partial charge in [0.2, 0.25) is 23.5 Å². The van der Waals surface area contributed by atoms with Crippen LogP contribution in [0.3, 0.4) is 0 Å². The molecule has 0 radical (unpaired) electrons. The van der Waals surface area contributed by atoms with Crippen LogP contribution in [-0.2, 0) is 46.3 Å². The summed E-state index contributed by atoms with van der Waals surface area (Å²) in [6, 6.07) is 14.1. The molecule has 312 valence electrons. The third-order valence-electron chi connectivity index (χ3n) is 13.0. The molecular weight excluding hydrogens is 737 g/mol. The first-order valence-electron chi connectivity index (χ1n) is 20.9. The predicted octanol–water partition coefficient (Wildman–Crippen LogP) is 5.41. The molecule has 58 heavy (non-hydrogen) atoms. The number of likely N-dealkylation sites (N-methyl/N-ethyl adjacent to an activating group) is 1. The van der Waals surface area contributed by atoms with Crippen LogP contribution >= 0.6 is 0 Å². The normalized spacial score (nSPS) is 22.3. The van der Waals surface area contributed by atoms with Gasteiger partial charge in [0.05, 0.1) is 6.04 Å². The fourth-order valence-electron chi connectivity index (χ4n) is 9.49. The summed E-state index contributed by atoms with van der Waals surface area (Å²) in [4.78, 5) is 99.1. The Labute approximate surface area is 342 Å². The van der Waals surface area contributed by atoms with Gasteiger partial charge in [-0.15, -0.1) is 0 Å². The van der Waals surface area contributed by atoms with Gasteiger partial charge in [-0.3, -0.25) is 28.8 Å². The van der Waals surface area contributed by atoms with E-state index in [1.165, 1.54) is 4.90 Å². The van der Waals surface area contributed by atoms with Gasteiger partial charge in [-0.25, -0.2) is 4.79 Å². The van der Waals surface area contributed by atoms with Crippen LogP contribution in [0.4, 0.5) is 4.79 Å². The van der Waals surface area contributed by atoms with Crippen LogP contribution in [-0.4, -0.2) is 89.3 Å². The fourth-order valence-corrected chi connectivity index (χ4v) is 9.49. The zero-order valence-electron chi connectivity index (χ0n) is 35.0. The van der Waals surface area contributed by atoms with Crippen LogP contribution in [0.15, 0.2) is 54.6 Å². The smallest absolute Gasteiger partial charge is 0.408 e. The van der Waals surface area contributed by atoms with Gasteiger partial charge < -0.3 is 25.2 Å². The highest BCUT2D eigenvalue weighted by Gasteiger charge is 2.69. The van der Waals surface area contributed by atoms with Gasteiger partial charge in [-0.2, -0.15) is 0 Å². The zero-order valence-corrected chi connectivity index (χ0v) is 35.0. The molecule has 1 saturated heterocycles. The number of nitrogens with one attached hydrogen (secondary N) is 2. The highest BCUT2D eigenvalue weighted by Crippen LogP contribution is 2.65. The van der Waals surface area contributed by atoms with Crippen molar-refractivity contribution in [3.8, 4) is 0 Å². The molecule has 1 unspecified atom stereocenters. The molecule has 0 spiro atoms. The summed E-state index contributed by atoms with van der Waals surface area (Å²) in [5.74, 6) is -3.82. The molecule has 2 saturated carbocycles. The number of ether oxygens (including phenoxy) is 1. The SMILES string of the molecule is CN(C)C(=O)[C@@H](NC(=O)CCC(=O)C(=O)C(CC(=O)[C@@H]1[C@@H]2[C@H](CN1C(=O)[C@@H](NC(=O)OC(C)(C)C)C1Cc3ccccc3C1)C2(C)C)CC1CCC1)c1ccccc1. The first kappa shape index (κ1) is 42.7. The molecular formula is C46H60N4O8. The summed E-state index contributed by atoms with van der Waals surface area (Å²) in [5.41, 5.74) is 1.85. The number of carbonyl (C=O) groups is 7. The number of fused-ring (bicyclic) bond motifs is 2. The Hall–Kier alpha value is -4.87. The van der Waals surface area contributed by atoms with Crippen LogP contribution in [0.5, 0.6) is 0 Å². The Morgan fingerprint density at radius 3 is 2.07 bits per heavy atom. The second-order valence-electron chi connectivity index (χ2n) is 18.8. The van der Waals surface area contributed by atoms with E-state index >= 15 is 0 Å². The van der Waals surface area contributed by atoms with E-state index in [-0.39, 0.29) is 65.9 Å². The van der Waals surface area contributed by atoms with Crippen molar-refractivity contribution in [2.75, 3.05) is 20.6 Å². The van der Waals surface area contributed by atoms with E-state index in [1.807, 2.05) is 24.3 Å². The van der Waals surface area contributed by atoms with Crippen molar-refractivity contribution in [1.82, 2.24) is 20.4 Å². The maximum atomic E-state index is 14.8. The summed E-state index contributed by atoms with van der Waals surface area (Å²) in [6.07, 6.45) is 2.85.